The molecule has 1 aliphatic heterocycles. The van der Waals surface area contributed by atoms with Crippen molar-refractivity contribution in [3.8, 4) is 11.5 Å². The van der Waals surface area contributed by atoms with E-state index in [2.05, 4.69) is 9.80 Å². The van der Waals surface area contributed by atoms with E-state index in [0.29, 0.717) is 36.3 Å². The molecule has 1 aliphatic rings. The number of aryl methyl sites for hydroxylation is 1. The Labute approximate surface area is 189 Å². The number of carbonyl (C=O) groups excluding carboxylic acids is 2. The Kier molecular flexibility index (Phi) is 7.53. The number of fused-ring (bicyclic) bond motifs is 2. The van der Waals surface area contributed by atoms with Crippen molar-refractivity contribution in [3.63, 3.8) is 0 Å². The van der Waals surface area contributed by atoms with Crippen LogP contribution in [0.1, 0.15) is 55.8 Å². The Morgan fingerprint density at radius 3 is 2.16 bits per heavy atom. The van der Waals surface area contributed by atoms with Crippen molar-refractivity contribution in [3.05, 3.63) is 57.6 Å². The number of benzene rings is 2. The molecule has 0 aliphatic carbocycles. The van der Waals surface area contributed by atoms with Crippen LogP contribution in [0.25, 0.3) is 0 Å². The molecular formula is C25H30N2O5-2. The van der Waals surface area contributed by atoms with Crippen LogP contribution in [0.2, 0.25) is 0 Å². The van der Waals surface area contributed by atoms with Crippen molar-refractivity contribution in [1.82, 2.24) is 9.80 Å². The van der Waals surface area contributed by atoms with Gasteiger partial charge in [-0.25, -0.2) is 0 Å². The summed E-state index contributed by atoms with van der Waals surface area (Å²) < 4.78 is 6.14. The largest absolute Gasteiger partial charge is 0.545 e. The van der Waals surface area contributed by atoms with Crippen molar-refractivity contribution >= 4 is 11.9 Å². The lowest BCUT2D eigenvalue weighted by Gasteiger charge is -2.28. The van der Waals surface area contributed by atoms with Crippen LogP contribution in [0.5, 0.6) is 11.5 Å². The van der Waals surface area contributed by atoms with Gasteiger partial charge < -0.3 is 34.3 Å². The summed E-state index contributed by atoms with van der Waals surface area (Å²) in [5, 5.41) is 23.5. The molecule has 1 heterocycles. The van der Waals surface area contributed by atoms with Gasteiger partial charge in [0.05, 0.1) is 11.9 Å². The van der Waals surface area contributed by atoms with E-state index in [4.69, 9.17) is 4.74 Å². The zero-order chi connectivity index (χ0) is 23.4. The Morgan fingerprint density at radius 1 is 0.906 bits per heavy atom. The number of carbonyl (C=O) groups is 2. The highest BCUT2D eigenvalue weighted by Gasteiger charge is 2.25. The molecule has 0 bridgehead atoms. The average molecular weight is 439 g/mol. The molecule has 0 saturated carbocycles. The maximum atomic E-state index is 12.3. The highest BCUT2D eigenvalue weighted by molar-refractivity contribution is 5.91. The van der Waals surface area contributed by atoms with Crippen molar-refractivity contribution in [2.45, 2.75) is 32.1 Å². The van der Waals surface area contributed by atoms with Gasteiger partial charge in [0.25, 0.3) is 0 Å². The molecule has 7 heteroatoms. The number of hydrogen-bond acceptors (Lipinski definition) is 7. The van der Waals surface area contributed by atoms with Crippen molar-refractivity contribution in [1.29, 1.82) is 0 Å². The quantitative estimate of drug-likeness (QED) is 0.468. The number of ether oxygens (including phenoxy) is 1. The average Bonchev–Trinajstić information content (AvgIpc) is 2.71. The second-order valence-electron chi connectivity index (χ2n) is 8.86. The first-order valence-electron chi connectivity index (χ1n) is 10.9. The molecule has 0 radical (unpaired) electrons. The first-order valence-corrected chi connectivity index (χ1v) is 10.9. The van der Waals surface area contributed by atoms with Crippen molar-refractivity contribution in [2.24, 2.45) is 0 Å². The minimum absolute atomic E-state index is 0.0744. The Balaban J connectivity index is 2.06. The predicted molar refractivity (Wildman–Crippen MR) is 118 cm³/mol. The molecule has 172 valence electrons. The monoisotopic (exact) mass is 438 g/mol. The molecule has 2 aromatic rings. The summed E-state index contributed by atoms with van der Waals surface area (Å²) in [7, 11) is 7.93. The number of aromatic carboxylic acids is 2. The van der Waals surface area contributed by atoms with E-state index in [1.807, 2.05) is 34.3 Å². The van der Waals surface area contributed by atoms with Gasteiger partial charge in [0.1, 0.15) is 11.5 Å². The number of hydrogen-bond donors (Lipinski definition) is 0. The molecule has 0 saturated heterocycles. The van der Waals surface area contributed by atoms with Crippen LogP contribution in [0.15, 0.2) is 24.3 Å². The molecule has 3 rings (SSSR count). The SMILES string of the molecule is CN(C)CCCc1cc2c(c(CCCN(C)C)c1C(=O)[O-])Cc1cc(C(=O)[O-])ccc1O2. The van der Waals surface area contributed by atoms with Gasteiger partial charge in [-0.3, -0.25) is 0 Å². The van der Waals surface area contributed by atoms with Crippen LogP contribution in [0, 0.1) is 0 Å². The molecular weight excluding hydrogens is 408 g/mol. The van der Waals surface area contributed by atoms with Gasteiger partial charge >= 0.3 is 0 Å². The predicted octanol–water partition coefficient (Wildman–Crippen LogP) is 1.10. The topological polar surface area (TPSA) is 96.0 Å². The second-order valence-corrected chi connectivity index (χ2v) is 8.86. The molecule has 2 aromatic carbocycles. The maximum absolute atomic E-state index is 12.3. The van der Waals surface area contributed by atoms with E-state index in [1.54, 1.807) is 12.1 Å². The van der Waals surface area contributed by atoms with Crippen LogP contribution in [0.4, 0.5) is 0 Å². The van der Waals surface area contributed by atoms with E-state index in [0.717, 1.165) is 42.6 Å². The number of carboxylic acids is 2. The van der Waals surface area contributed by atoms with Crippen LogP contribution >= 0.6 is 0 Å². The third-order valence-corrected chi connectivity index (χ3v) is 5.76. The summed E-state index contributed by atoms with van der Waals surface area (Å²) >= 11 is 0. The lowest BCUT2D eigenvalue weighted by molar-refractivity contribution is -0.256. The Hall–Kier alpha value is -2.90. The molecule has 0 N–H and O–H groups in total. The highest BCUT2D eigenvalue weighted by Crippen LogP contribution is 2.41. The fourth-order valence-electron chi connectivity index (χ4n) is 4.23. The zero-order valence-corrected chi connectivity index (χ0v) is 19.2. The van der Waals surface area contributed by atoms with Crippen LogP contribution in [0.3, 0.4) is 0 Å². The van der Waals surface area contributed by atoms with Gasteiger partial charge in [-0.1, -0.05) is 0 Å². The van der Waals surface area contributed by atoms with E-state index in [1.165, 1.54) is 6.07 Å². The number of carboxylic acid groups (broad SMARTS) is 2. The summed E-state index contributed by atoms with van der Waals surface area (Å²) in [6, 6.07) is 6.46. The maximum Gasteiger partial charge on any atom is 0.131 e. The fourth-order valence-corrected chi connectivity index (χ4v) is 4.23. The molecule has 0 fully saturated rings. The molecule has 0 unspecified atom stereocenters. The Bertz CT molecular complexity index is 1010. The molecule has 0 amide bonds. The summed E-state index contributed by atoms with van der Waals surface area (Å²) in [5.41, 5.74) is 3.28. The van der Waals surface area contributed by atoms with Crippen LogP contribution < -0.4 is 14.9 Å². The smallest absolute Gasteiger partial charge is 0.131 e. The summed E-state index contributed by atoms with van der Waals surface area (Å²) in [4.78, 5) is 27.7. The van der Waals surface area contributed by atoms with Gasteiger partial charge in [0.15, 0.2) is 0 Å². The van der Waals surface area contributed by atoms with Crippen LogP contribution in [-0.2, 0) is 19.3 Å². The number of rotatable bonds is 10. The Morgan fingerprint density at radius 2 is 1.56 bits per heavy atom. The normalized spacial score (nSPS) is 12.4. The van der Waals surface area contributed by atoms with Gasteiger partial charge in [0, 0.05) is 17.5 Å². The number of nitrogens with zero attached hydrogens (tertiary/aromatic N) is 2. The van der Waals surface area contributed by atoms with Crippen molar-refractivity contribution in [2.75, 3.05) is 41.3 Å². The molecule has 0 aromatic heterocycles. The van der Waals surface area contributed by atoms with Gasteiger partial charge in [-0.2, -0.15) is 0 Å². The van der Waals surface area contributed by atoms with E-state index >= 15 is 0 Å². The third-order valence-electron chi connectivity index (χ3n) is 5.76. The molecule has 7 nitrogen and oxygen atoms in total. The molecule has 0 atom stereocenters. The van der Waals surface area contributed by atoms with E-state index in [-0.39, 0.29) is 11.1 Å². The van der Waals surface area contributed by atoms with Gasteiger partial charge in [0.2, 0.25) is 0 Å². The zero-order valence-electron chi connectivity index (χ0n) is 19.2. The lowest BCUT2D eigenvalue weighted by atomic mass is 9.86. The minimum Gasteiger partial charge on any atom is -0.545 e. The standard InChI is InChI=1S/C25H32N2O5/c1-26(2)11-5-7-16-15-22-20(19(23(16)25(30)31)8-6-12-27(3)4)14-18-13-17(24(28)29)9-10-21(18)32-22/h9-10,13,15H,5-8,11-12,14H2,1-4H3,(H,28,29)(H,30,31)/p-2. The minimum atomic E-state index is -1.25. The van der Waals surface area contributed by atoms with Gasteiger partial charge in [-0.15, -0.1) is 0 Å². The van der Waals surface area contributed by atoms with Crippen molar-refractivity contribution < 1.29 is 24.5 Å². The fraction of sp³-hybridized carbons (Fsp3) is 0.440. The molecule has 0 spiro atoms. The van der Waals surface area contributed by atoms with E-state index < -0.39 is 11.9 Å². The first kappa shape index (κ1) is 23.8. The summed E-state index contributed by atoms with van der Waals surface area (Å²) in [5.74, 6) is -1.20. The second kappa shape index (κ2) is 10.1. The highest BCUT2D eigenvalue weighted by atomic mass is 16.5. The summed E-state index contributed by atoms with van der Waals surface area (Å²) in [6.45, 7) is 1.66. The lowest BCUT2D eigenvalue weighted by Crippen LogP contribution is -2.28. The molecule has 32 heavy (non-hydrogen) atoms. The van der Waals surface area contributed by atoms with Crippen LogP contribution in [-0.4, -0.2) is 63.0 Å². The van der Waals surface area contributed by atoms with Gasteiger partial charge in [-0.05, 0) is 113 Å². The first-order chi connectivity index (χ1) is 15.2. The summed E-state index contributed by atoms with van der Waals surface area (Å²) in [6.07, 6.45) is 3.18. The third kappa shape index (κ3) is 5.47. The van der Waals surface area contributed by atoms with E-state index in [9.17, 15) is 19.8 Å².